The van der Waals surface area contributed by atoms with Gasteiger partial charge in [0.2, 0.25) is 11.8 Å². The number of hydrogen-bond acceptors (Lipinski definition) is 9. The summed E-state index contributed by atoms with van der Waals surface area (Å²) in [6.45, 7) is 8.61. The van der Waals surface area contributed by atoms with E-state index in [1.807, 2.05) is 68.6 Å². The van der Waals surface area contributed by atoms with Crippen molar-refractivity contribution in [1.82, 2.24) is 39.8 Å². The van der Waals surface area contributed by atoms with Gasteiger partial charge in [-0.3, -0.25) is 18.8 Å². The van der Waals surface area contributed by atoms with E-state index in [0.717, 1.165) is 34.5 Å². The van der Waals surface area contributed by atoms with Gasteiger partial charge in [0.15, 0.2) is 10.8 Å². The molecular weight excluding hydrogens is 775 g/mol. The van der Waals surface area contributed by atoms with E-state index in [0.29, 0.717) is 48.1 Å². The number of carbonyl (C=O) groups excluding carboxylic acids is 4. The second-order valence-corrected chi connectivity index (χ2v) is 16.7. The average molecular weight is 824 g/mol. The predicted octanol–water partition coefficient (Wildman–Crippen LogP) is 6.46. The number of nitrogens with one attached hydrogen (secondary N) is 4. The third-order valence-corrected chi connectivity index (χ3v) is 11.6. The van der Waals surface area contributed by atoms with E-state index in [1.54, 1.807) is 41.6 Å². The zero-order valence-electron chi connectivity index (χ0n) is 33.4. The van der Waals surface area contributed by atoms with Crippen LogP contribution < -0.4 is 16.0 Å². The molecule has 0 aliphatic carbocycles. The standard InChI is InChI=1S/C42H49N9O7S/c1-24(2)23-58-42(57)48-35(28-10-6-5-7-11-28)39(54)51-19-9-13-31(51)37(52)45-33-22-49-21-32(59-40(49)46-33)27-16-14-26(15-17-27)29-20-43-36(44-29)30-12-8-18-50(30)38(53)34(25(3)4)47-41(55)56/h5-7,10-11,14-17,20-22,24-25,30-31,34-35,47H,8-9,12-13,18-19,23H2,1-4H3,(H,43,44)(H,45,52)(H,48,57)(H,55,56)/t30-,31-,34-,35+/m0/s1. The van der Waals surface area contributed by atoms with E-state index in [2.05, 4.69) is 30.9 Å². The van der Waals surface area contributed by atoms with Crippen LogP contribution in [0.15, 0.2) is 73.2 Å². The van der Waals surface area contributed by atoms with Crippen molar-refractivity contribution in [2.45, 2.75) is 77.5 Å². The minimum atomic E-state index is -1.23. The highest BCUT2D eigenvalue weighted by Crippen LogP contribution is 2.35. The highest BCUT2D eigenvalue weighted by atomic mass is 32.1. The highest BCUT2D eigenvalue weighted by molar-refractivity contribution is 7.20. The van der Waals surface area contributed by atoms with E-state index in [-0.39, 0.29) is 42.2 Å². The minimum Gasteiger partial charge on any atom is -0.465 e. The molecule has 5 amide bonds. The normalized spacial score (nSPS) is 17.7. The fourth-order valence-electron chi connectivity index (χ4n) is 7.61. The van der Waals surface area contributed by atoms with Gasteiger partial charge in [-0.2, -0.15) is 0 Å². The zero-order valence-corrected chi connectivity index (χ0v) is 34.2. The Labute approximate surface area is 345 Å². The number of fused-ring (bicyclic) bond motifs is 1. The largest absolute Gasteiger partial charge is 0.465 e. The number of hydrogen-bond donors (Lipinski definition) is 5. The molecule has 2 saturated heterocycles. The number of anilines is 1. The molecule has 2 fully saturated rings. The Balaban J connectivity index is 0.989. The molecule has 0 radical (unpaired) electrons. The van der Waals surface area contributed by atoms with Crippen LogP contribution in [0.5, 0.6) is 0 Å². The lowest BCUT2D eigenvalue weighted by atomic mass is 10.0. The molecule has 5 aromatic rings. The summed E-state index contributed by atoms with van der Waals surface area (Å²) in [5.74, 6) is -0.0275. The molecule has 5 N–H and O–H groups in total. The number of likely N-dealkylation sites (tertiary alicyclic amines) is 2. The van der Waals surface area contributed by atoms with Crippen LogP contribution in [0, 0.1) is 11.8 Å². The Bertz CT molecular complexity index is 2270. The van der Waals surface area contributed by atoms with Gasteiger partial charge in [-0.1, -0.05) is 93.6 Å². The molecule has 310 valence electrons. The summed E-state index contributed by atoms with van der Waals surface area (Å²) in [5.41, 5.74) is 3.28. The van der Waals surface area contributed by atoms with Crippen molar-refractivity contribution >= 4 is 52.0 Å². The SMILES string of the molecule is CC(C)COC(=O)N[C@@H](C(=O)N1CCC[C@H]1C(=O)Nc1cn2cc(-c3ccc(-c4cnc([C@@H]5CCCN5C(=O)[C@@H](NC(=O)O)C(C)C)[nH]4)cc3)sc2n1)c1ccccc1. The number of carbonyl (C=O) groups is 5. The lowest BCUT2D eigenvalue weighted by Gasteiger charge is -2.29. The molecule has 2 aliphatic heterocycles. The van der Waals surface area contributed by atoms with Crippen LogP contribution in [0.3, 0.4) is 0 Å². The van der Waals surface area contributed by atoms with Gasteiger partial charge in [0.25, 0.3) is 5.91 Å². The maximum absolute atomic E-state index is 13.9. The summed E-state index contributed by atoms with van der Waals surface area (Å²) >= 11 is 1.47. The van der Waals surface area contributed by atoms with Gasteiger partial charge < -0.3 is 40.6 Å². The number of benzene rings is 2. The van der Waals surface area contributed by atoms with E-state index in [9.17, 15) is 29.1 Å². The number of amides is 5. The number of aromatic amines is 1. The number of aromatic nitrogens is 4. The summed E-state index contributed by atoms with van der Waals surface area (Å²) in [6, 6.07) is 14.1. The molecule has 0 saturated carbocycles. The number of alkyl carbamates (subject to hydrolysis) is 1. The third-order valence-electron chi connectivity index (χ3n) is 10.6. The van der Waals surface area contributed by atoms with Crippen molar-refractivity contribution in [2.24, 2.45) is 11.8 Å². The van der Waals surface area contributed by atoms with E-state index in [4.69, 9.17) is 4.74 Å². The molecule has 0 unspecified atom stereocenters. The molecule has 2 aromatic carbocycles. The van der Waals surface area contributed by atoms with Gasteiger partial charge >= 0.3 is 12.2 Å². The van der Waals surface area contributed by atoms with Gasteiger partial charge in [0, 0.05) is 19.3 Å². The average Bonchev–Trinajstić information content (AvgIpc) is 4.07. The summed E-state index contributed by atoms with van der Waals surface area (Å²) in [5, 5.41) is 17.3. The number of imidazole rings is 2. The van der Waals surface area contributed by atoms with Crippen LogP contribution in [-0.4, -0.2) is 95.9 Å². The highest BCUT2D eigenvalue weighted by Gasteiger charge is 2.39. The number of ether oxygens (including phenoxy) is 1. The molecule has 4 atom stereocenters. The number of H-pyrrole nitrogens is 1. The second-order valence-electron chi connectivity index (χ2n) is 15.7. The number of nitrogens with zero attached hydrogens (tertiary/aromatic N) is 5. The lowest BCUT2D eigenvalue weighted by molar-refractivity contribution is -0.138. The van der Waals surface area contributed by atoms with Crippen molar-refractivity contribution in [3.05, 3.63) is 84.6 Å². The summed E-state index contributed by atoms with van der Waals surface area (Å²) in [4.78, 5) is 82.5. The summed E-state index contributed by atoms with van der Waals surface area (Å²) in [6.07, 6.45) is 6.15. The fraction of sp³-hybridized carbons (Fsp3) is 0.405. The van der Waals surface area contributed by atoms with Crippen molar-refractivity contribution in [1.29, 1.82) is 0 Å². The summed E-state index contributed by atoms with van der Waals surface area (Å²) < 4.78 is 7.16. The molecule has 0 bridgehead atoms. The van der Waals surface area contributed by atoms with Crippen LogP contribution in [0.4, 0.5) is 15.4 Å². The third kappa shape index (κ3) is 9.25. The Morgan fingerprint density at radius 1 is 0.898 bits per heavy atom. The minimum absolute atomic E-state index is 0.131. The molecule has 3 aromatic heterocycles. The smallest absolute Gasteiger partial charge is 0.408 e. The Morgan fingerprint density at radius 2 is 1.61 bits per heavy atom. The van der Waals surface area contributed by atoms with E-state index < -0.39 is 30.3 Å². The van der Waals surface area contributed by atoms with Crippen molar-refractivity contribution in [3.63, 3.8) is 0 Å². The van der Waals surface area contributed by atoms with Gasteiger partial charge in [-0.25, -0.2) is 19.6 Å². The van der Waals surface area contributed by atoms with Crippen molar-refractivity contribution in [3.8, 4) is 21.7 Å². The topological polar surface area (TPSA) is 203 Å². The lowest BCUT2D eigenvalue weighted by Crippen LogP contribution is -2.50. The molecule has 5 heterocycles. The van der Waals surface area contributed by atoms with Gasteiger partial charge in [0.1, 0.15) is 23.9 Å². The Morgan fingerprint density at radius 3 is 2.31 bits per heavy atom. The Hall–Kier alpha value is -6.23. The Kier molecular flexibility index (Phi) is 12.3. The monoisotopic (exact) mass is 823 g/mol. The molecule has 16 nitrogen and oxygen atoms in total. The number of thiazole rings is 1. The number of rotatable bonds is 13. The first kappa shape index (κ1) is 40.9. The van der Waals surface area contributed by atoms with Crippen molar-refractivity contribution in [2.75, 3.05) is 25.0 Å². The first-order chi connectivity index (χ1) is 28.4. The van der Waals surface area contributed by atoms with Crippen LogP contribution in [0.25, 0.3) is 26.7 Å². The molecule has 59 heavy (non-hydrogen) atoms. The van der Waals surface area contributed by atoms with Gasteiger partial charge in [0.05, 0.1) is 35.6 Å². The van der Waals surface area contributed by atoms with E-state index >= 15 is 0 Å². The maximum Gasteiger partial charge on any atom is 0.408 e. The number of carboxylic acid groups (broad SMARTS) is 1. The first-order valence-corrected chi connectivity index (χ1v) is 20.7. The maximum atomic E-state index is 13.9. The molecular formula is C42H49N9O7S. The molecule has 0 spiro atoms. The molecule has 2 aliphatic rings. The van der Waals surface area contributed by atoms with Crippen LogP contribution in [0.2, 0.25) is 0 Å². The first-order valence-electron chi connectivity index (χ1n) is 19.9. The van der Waals surface area contributed by atoms with E-state index in [1.165, 1.54) is 16.2 Å². The van der Waals surface area contributed by atoms with Gasteiger partial charge in [-0.05, 0) is 54.2 Å². The molecule has 7 rings (SSSR count). The van der Waals surface area contributed by atoms with Crippen LogP contribution in [-0.2, 0) is 19.1 Å². The quantitative estimate of drug-likeness (QED) is 0.0883. The van der Waals surface area contributed by atoms with Crippen LogP contribution in [0.1, 0.15) is 76.8 Å². The molecule has 17 heteroatoms. The second kappa shape index (κ2) is 17.7. The van der Waals surface area contributed by atoms with Gasteiger partial charge in [-0.15, -0.1) is 0 Å². The van der Waals surface area contributed by atoms with Crippen molar-refractivity contribution < 1.29 is 33.8 Å². The summed E-state index contributed by atoms with van der Waals surface area (Å²) in [7, 11) is 0. The predicted molar refractivity (Wildman–Crippen MR) is 221 cm³/mol. The van der Waals surface area contributed by atoms with Crippen LogP contribution >= 0.6 is 11.3 Å². The zero-order chi connectivity index (χ0) is 41.8. The fourth-order valence-corrected chi connectivity index (χ4v) is 8.58.